The fraction of sp³-hybridized carbons (Fsp3) is 0.423. The van der Waals surface area contributed by atoms with Crippen molar-refractivity contribution in [1.29, 1.82) is 0 Å². The summed E-state index contributed by atoms with van der Waals surface area (Å²) in [5.74, 6) is 1.78. The van der Waals surface area contributed by atoms with Gasteiger partial charge in [-0.05, 0) is 49.8 Å². The summed E-state index contributed by atoms with van der Waals surface area (Å²) in [5.41, 5.74) is 1.82. The van der Waals surface area contributed by atoms with E-state index < -0.39 is 12.3 Å². The Bertz CT molecular complexity index is 1110. The highest BCUT2D eigenvalue weighted by Gasteiger charge is 2.31. The Morgan fingerprint density at radius 1 is 1.16 bits per heavy atom. The number of aryl methyl sites for hydroxylation is 1. The number of aliphatic hydroxyl groups is 1. The summed E-state index contributed by atoms with van der Waals surface area (Å²) < 4.78 is 18.2. The third kappa shape index (κ3) is 5.21. The lowest BCUT2D eigenvalue weighted by atomic mass is 9.84. The zero-order valence-electron chi connectivity index (χ0n) is 18.8. The normalized spacial score (nSPS) is 20.0. The molecule has 0 radical (unpaired) electrons. The van der Waals surface area contributed by atoms with Crippen molar-refractivity contribution < 1.29 is 19.0 Å². The largest absolute Gasteiger partial charge is 0.473 e. The molecule has 4 atom stereocenters. The Kier molecular flexibility index (Phi) is 6.94. The van der Waals surface area contributed by atoms with Crippen molar-refractivity contribution in [2.45, 2.75) is 52.0 Å². The molecule has 2 aromatic carbocycles. The average Bonchev–Trinajstić information content (AvgIpc) is 2.76. The molecule has 0 fully saturated rings. The maximum absolute atomic E-state index is 12.4. The number of benzene rings is 2. The van der Waals surface area contributed by atoms with Gasteiger partial charge in [-0.15, -0.1) is 0 Å². The Morgan fingerprint density at radius 2 is 1.88 bits per heavy atom. The molecular formula is C26H31NO5. The van der Waals surface area contributed by atoms with Crippen LogP contribution in [0.4, 0.5) is 0 Å². The van der Waals surface area contributed by atoms with Crippen molar-refractivity contribution in [1.82, 2.24) is 5.32 Å². The number of nitrogens with one attached hydrogen (secondary N) is 1. The summed E-state index contributed by atoms with van der Waals surface area (Å²) >= 11 is 0. The summed E-state index contributed by atoms with van der Waals surface area (Å²) in [7, 11) is 0. The summed E-state index contributed by atoms with van der Waals surface area (Å²) in [6.07, 6.45) is 0.403. The minimum Gasteiger partial charge on any atom is -0.473 e. The minimum absolute atomic E-state index is 0.208. The predicted molar refractivity (Wildman–Crippen MR) is 124 cm³/mol. The van der Waals surface area contributed by atoms with Crippen molar-refractivity contribution in [3.05, 3.63) is 75.8 Å². The highest BCUT2D eigenvalue weighted by molar-refractivity contribution is 5.85. The van der Waals surface area contributed by atoms with E-state index >= 15 is 0 Å². The second kappa shape index (κ2) is 9.86. The molecule has 0 saturated carbocycles. The van der Waals surface area contributed by atoms with E-state index in [-0.39, 0.29) is 18.3 Å². The molecule has 0 bridgehead atoms. The van der Waals surface area contributed by atoms with E-state index in [9.17, 15) is 9.90 Å². The lowest BCUT2D eigenvalue weighted by Crippen LogP contribution is -2.42. The molecular weight excluding hydrogens is 406 g/mol. The van der Waals surface area contributed by atoms with Crippen LogP contribution in [0, 0.1) is 12.8 Å². The molecule has 4 rings (SSSR count). The fourth-order valence-electron chi connectivity index (χ4n) is 4.23. The summed E-state index contributed by atoms with van der Waals surface area (Å²) in [5, 5.41) is 14.4. The van der Waals surface area contributed by atoms with E-state index in [0.29, 0.717) is 23.6 Å². The van der Waals surface area contributed by atoms with Crippen LogP contribution in [0.25, 0.3) is 10.8 Å². The maximum atomic E-state index is 12.4. The first-order valence-electron chi connectivity index (χ1n) is 11.2. The van der Waals surface area contributed by atoms with Crippen molar-refractivity contribution in [2.75, 3.05) is 13.2 Å². The van der Waals surface area contributed by atoms with Gasteiger partial charge in [-0.2, -0.15) is 0 Å². The number of aliphatic hydroxyl groups excluding tert-OH is 1. The summed E-state index contributed by atoms with van der Waals surface area (Å²) in [6.45, 7) is 6.56. The SMILES string of the molecule is Cc1ccc(OC(COC2CC(C)Cc3oc(=O)c4ccccc4c32)NCC(C)O)cc1. The zero-order valence-corrected chi connectivity index (χ0v) is 18.8. The molecule has 3 aromatic rings. The van der Waals surface area contributed by atoms with Crippen LogP contribution in [0.5, 0.6) is 5.75 Å². The Morgan fingerprint density at radius 3 is 2.59 bits per heavy atom. The molecule has 6 nitrogen and oxygen atoms in total. The molecule has 0 amide bonds. The second-order valence-corrected chi connectivity index (χ2v) is 8.82. The van der Waals surface area contributed by atoms with E-state index in [0.717, 1.165) is 35.1 Å². The van der Waals surface area contributed by atoms with Gasteiger partial charge in [-0.3, -0.25) is 5.32 Å². The van der Waals surface area contributed by atoms with Crippen molar-refractivity contribution in [2.24, 2.45) is 5.92 Å². The molecule has 6 heteroatoms. The van der Waals surface area contributed by atoms with Crippen LogP contribution in [0.15, 0.2) is 57.7 Å². The average molecular weight is 438 g/mol. The van der Waals surface area contributed by atoms with E-state index in [4.69, 9.17) is 13.9 Å². The molecule has 1 aliphatic rings. The predicted octanol–water partition coefficient (Wildman–Crippen LogP) is 4.12. The third-order valence-corrected chi connectivity index (χ3v) is 5.81. The van der Waals surface area contributed by atoms with Crippen LogP contribution in [-0.2, 0) is 11.2 Å². The van der Waals surface area contributed by atoms with Crippen LogP contribution in [0.1, 0.15) is 43.3 Å². The number of hydrogen-bond donors (Lipinski definition) is 2. The van der Waals surface area contributed by atoms with Gasteiger partial charge in [-0.25, -0.2) is 4.79 Å². The van der Waals surface area contributed by atoms with Gasteiger partial charge in [0.25, 0.3) is 0 Å². The second-order valence-electron chi connectivity index (χ2n) is 8.82. The van der Waals surface area contributed by atoms with Crippen LogP contribution in [0.2, 0.25) is 0 Å². The monoisotopic (exact) mass is 437 g/mol. The zero-order chi connectivity index (χ0) is 22.7. The van der Waals surface area contributed by atoms with Crippen molar-refractivity contribution in [3.63, 3.8) is 0 Å². The number of rotatable bonds is 8. The van der Waals surface area contributed by atoms with Gasteiger partial charge in [0.15, 0.2) is 6.23 Å². The van der Waals surface area contributed by atoms with Gasteiger partial charge in [-0.1, -0.05) is 42.8 Å². The molecule has 0 aliphatic heterocycles. The number of hydrogen-bond acceptors (Lipinski definition) is 6. The minimum atomic E-state index is -0.507. The smallest absolute Gasteiger partial charge is 0.343 e. The third-order valence-electron chi connectivity index (χ3n) is 5.81. The Balaban J connectivity index is 1.57. The number of fused-ring (bicyclic) bond motifs is 3. The van der Waals surface area contributed by atoms with E-state index in [2.05, 4.69) is 12.2 Å². The van der Waals surface area contributed by atoms with Gasteiger partial charge >= 0.3 is 5.63 Å². The molecule has 1 aromatic heterocycles. The van der Waals surface area contributed by atoms with Crippen LogP contribution < -0.4 is 15.7 Å². The quantitative estimate of drug-likeness (QED) is 0.516. The van der Waals surface area contributed by atoms with Gasteiger partial charge in [0.2, 0.25) is 0 Å². The lowest BCUT2D eigenvalue weighted by molar-refractivity contribution is -0.0287. The molecule has 0 saturated heterocycles. The highest BCUT2D eigenvalue weighted by atomic mass is 16.5. The van der Waals surface area contributed by atoms with Crippen molar-refractivity contribution in [3.8, 4) is 5.75 Å². The molecule has 0 spiro atoms. The molecule has 2 N–H and O–H groups in total. The van der Waals surface area contributed by atoms with Crippen LogP contribution >= 0.6 is 0 Å². The van der Waals surface area contributed by atoms with E-state index in [1.165, 1.54) is 0 Å². The first kappa shape index (κ1) is 22.5. The topological polar surface area (TPSA) is 80.9 Å². The molecule has 1 heterocycles. The number of ether oxygens (including phenoxy) is 2. The van der Waals surface area contributed by atoms with E-state index in [1.807, 2.05) is 49.4 Å². The van der Waals surface area contributed by atoms with E-state index in [1.54, 1.807) is 13.0 Å². The first-order valence-corrected chi connectivity index (χ1v) is 11.2. The summed E-state index contributed by atoms with van der Waals surface area (Å²) in [4.78, 5) is 12.4. The maximum Gasteiger partial charge on any atom is 0.343 e. The molecule has 4 unspecified atom stereocenters. The van der Waals surface area contributed by atoms with Crippen LogP contribution in [-0.4, -0.2) is 30.6 Å². The van der Waals surface area contributed by atoms with Gasteiger partial charge in [0.1, 0.15) is 11.5 Å². The lowest BCUT2D eigenvalue weighted by Gasteiger charge is -2.31. The molecule has 170 valence electrons. The van der Waals surface area contributed by atoms with Gasteiger partial charge in [0, 0.05) is 18.5 Å². The standard InChI is InChI=1S/C26H31NO5/c1-16-8-10-19(11-9-16)31-24(27-14-18(3)28)15-30-22-12-17(2)13-23-25(22)20-6-4-5-7-21(20)26(29)32-23/h4-11,17-18,22,24,27-28H,12-15H2,1-3H3. The first-order chi connectivity index (χ1) is 15.4. The van der Waals surface area contributed by atoms with Crippen LogP contribution in [0.3, 0.4) is 0 Å². The molecule has 32 heavy (non-hydrogen) atoms. The summed E-state index contributed by atoms with van der Waals surface area (Å²) in [6, 6.07) is 15.4. The molecule has 1 aliphatic carbocycles. The Hall–Kier alpha value is -2.67. The highest BCUT2D eigenvalue weighted by Crippen LogP contribution is 2.39. The Labute approximate surface area is 188 Å². The van der Waals surface area contributed by atoms with Gasteiger partial charge < -0.3 is 19.0 Å². The fourth-order valence-corrected chi connectivity index (χ4v) is 4.23. The van der Waals surface area contributed by atoms with Crippen molar-refractivity contribution >= 4 is 10.8 Å². The van der Waals surface area contributed by atoms with Gasteiger partial charge in [0.05, 0.1) is 24.2 Å².